The summed E-state index contributed by atoms with van der Waals surface area (Å²) in [6, 6.07) is 17.7. The van der Waals surface area contributed by atoms with E-state index in [4.69, 9.17) is 19.9 Å². The second-order valence-corrected chi connectivity index (χ2v) is 10.00. The number of hydrogen-bond donors (Lipinski definition) is 1. The van der Waals surface area contributed by atoms with Crippen molar-refractivity contribution in [3.05, 3.63) is 83.1 Å². The van der Waals surface area contributed by atoms with Gasteiger partial charge in [-0.2, -0.15) is 5.26 Å². The van der Waals surface area contributed by atoms with Crippen molar-refractivity contribution in [2.24, 2.45) is 11.1 Å². The number of hydrogen-bond acceptors (Lipinski definition) is 6. The first-order chi connectivity index (χ1) is 17.3. The lowest BCUT2D eigenvalue weighted by atomic mass is 9.70. The summed E-state index contributed by atoms with van der Waals surface area (Å²) in [5, 5.41) is 11.0. The van der Waals surface area contributed by atoms with Crippen LogP contribution in [0.5, 0.6) is 11.5 Å². The predicted octanol–water partition coefficient (Wildman–Crippen LogP) is 5.18. The molecule has 1 aliphatic heterocycles. The number of benzene rings is 2. The molecular formula is C29H29N3O4. The highest BCUT2D eigenvalue weighted by atomic mass is 16.5. The predicted molar refractivity (Wildman–Crippen MR) is 136 cm³/mol. The maximum absolute atomic E-state index is 13.4. The van der Waals surface area contributed by atoms with Gasteiger partial charge < -0.3 is 24.5 Å². The van der Waals surface area contributed by atoms with E-state index in [9.17, 15) is 10.1 Å². The number of carbonyl (C=O) groups excluding carboxylic acids is 1. The standard InChI is InChI=1S/C29H29N3O4/c1-29(2)14-22(33)27-25(15-29)36-28(31)19(16-30)26(27)20-17-32(21-9-5-4-8-18(20)21)12-13-35-24-11-7-6-10-23(24)34-3/h4-11,17,26H,12-15,31H2,1-3H3. The van der Waals surface area contributed by atoms with Gasteiger partial charge in [0.05, 0.1) is 19.6 Å². The molecule has 36 heavy (non-hydrogen) atoms. The Hall–Kier alpha value is -4.18. The topological polar surface area (TPSA) is 99.5 Å². The van der Waals surface area contributed by atoms with Gasteiger partial charge in [0.15, 0.2) is 17.3 Å². The summed E-state index contributed by atoms with van der Waals surface area (Å²) in [4.78, 5) is 13.4. The highest BCUT2D eigenvalue weighted by Gasteiger charge is 2.43. The number of nitrogens with two attached hydrogens (primary N) is 1. The molecule has 2 N–H and O–H groups in total. The lowest BCUT2D eigenvalue weighted by molar-refractivity contribution is -0.119. The molecular weight excluding hydrogens is 454 g/mol. The molecule has 1 aliphatic carbocycles. The molecule has 0 saturated carbocycles. The number of para-hydroxylation sites is 3. The largest absolute Gasteiger partial charge is 0.493 e. The molecule has 0 saturated heterocycles. The summed E-state index contributed by atoms with van der Waals surface area (Å²) in [6.45, 7) is 5.06. The van der Waals surface area contributed by atoms with Crippen LogP contribution in [0.4, 0.5) is 0 Å². The van der Waals surface area contributed by atoms with Crippen LogP contribution in [0.1, 0.15) is 38.2 Å². The quantitative estimate of drug-likeness (QED) is 0.519. The third-order valence-electron chi connectivity index (χ3n) is 6.86. The van der Waals surface area contributed by atoms with Crippen molar-refractivity contribution in [2.75, 3.05) is 13.7 Å². The Morgan fingerprint density at radius 2 is 1.86 bits per heavy atom. The Morgan fingerprint density at radius 1 is 1.14 bits per heavy atom. The summed E-state index contributed by atoms with van der Waals surface area (Å²) in [6.07, 6.45) is 3.00. The van der Waals surface area contributed by atoms with E-state index in [0.29, 0.717) is 48.8 Å². The van der Waals surface area contributed by atoms with Crippen molar-refractivity contribution in [3.8, 4) is 17.6 Å². The van der Waals surface area contributed by atoms with Crippen molar-refractivity contribution in [2.45, 2.75) is 39.2 Å². The van der Waals surface area contributed by atoms with Gasteiger partial charge in [-0.3, -0.25) is 4.79 Å². The molecule has 2 aromatic carbocycles. The molecule has 2 aliphatic rings. The third-order valence-corrected chi connectivity index (χ3v) is 6.86. The number of methoxy groups -OCH3 is 1. The summed E-state index contributed by atoms with van der Waals surface area (Å²) >= 11 is 0. The van der Waals surface area contributed by atoms with Crippen molar-refractivity contribution in [3.63, 3.8) is 0 Å². The average Bonchev–Trinajstić information content (AvgIpc) is 3.21. The zero-order valence-corrected chi connectivity index (χ0v) is 20.7. The van der Waals surface area contributed by atoms with E-state index in [1.165, 1.54) is 0 Å². The van der Waals surface area contributed by atoms with Crippen LogP contribution in [0.15, 0.2) is 77.5 Å². The lowest BCUT2D eigenvalue weighted by Gasteiger charge is -2.37. The van der Waals surface area contributed by atoms with Crippen LogP contribution in [-0.4, -0.2) is 24.1 Å². The summed E-state index contributed by atoms with van der Waals surface area (Å²) in [5.74, 6) is 1.44. The van der Waals surface area contributed by atoms with E-state index in [-0.39, 0.29) is 22.7 Å². The zero-order valence-electron chi connectivity index (χ0n) is 20.7. The van der Waals surface area contributed by atoms with Crippen LogP contribution >= 0.6 is 0 Å². The Bertz CT molecular complexity index is 1450. The number of Topliss-reactive ketones (excluding diaryl/α,β-unsaturated/α-hetero) is 1. The van der Waals surface area contributed by atoms with E-state index < -0.39 is 5.92 Å². The normalized spacial score (nSPS) is 19.1. The number of aromatic nitrogens is 1. The Balaban J connectivity index is 1.54. The molecule has 5 rings (SSSR count). The van der Waals surface area contributed by atoms with Crippen molar-refractivity contribution in [1.82, 2.24) is 4.57 Å². The maximum atomic E-state index is 13.4. The molecule has 1 aromatic heterocycles. The fraction of sp³-hybridized carbons (Fsp3) is 0.310. The lowest BCUT2D eigenvalue weighted by Crippen LogP contribution is -2.33. The minimum atomic E-state index is -0.566. The van der Waals surface area contributed by atoms with Gasteiger partial charge in [-0.25, -0.2) is 0 Å². The first kappa shape index (κ1) is 23.6. The van der Waals surface area contributed by atoms with E-state index >= 15 is 0 Å². The van der Waals surface area contributed by atoms with Crippen molar-refractivity contribution in [1.29, 1.82) is 5.26 Å². The Labute approximate surface area is 210 Å². The van der Waals surface area contributed by atoms with Gasteiger partial charge in [0.25, 0.3) is 0 Å². The molecule has 184 valence electrons. The Kier molecular flexibility index (Phi) is 5.97. The molecule has 0 fully saturated rings. The molecule has 0 radical (unpaired) electrons. The SMILES string of the molecule is COc1ccccc1OCCn1cc(C2C(C#N)=C(N)OC3=C2C(=O)CC(C)(C)C3)c2ccccc21. The van der Waals surface area contributed by atoms with Crippen LogP contribution in [0.2, 0.25) is 0 Å². The number of carbonyl (C=O) groups is 1. The van der Waals surface area contributed by atoms with Gasteiger partial charge >= 0.3 is 0 Å². The molecule has 7 nitrogen and oxygen atoms in total. The second-order valence-electron chi connectivity index (χ2n) is 10.00. The minimum Gasteiger partial charge on any atom is -0.493 e. The van der Waals surface area contributed by atoms with Gasteiger partial charge in [0.2, 0.25) is 5.88 Å². The van der Waals surface area contributed by atoms with Crippen molar-refractivity contribution < 1.29 is 19.0 Å². The zero-order chi connectivity index (χ0) is 25.4. The van der Waals surface area contributed by atoms with Crippen LogP contribution in [0.3, 0.4) is 0 Å². The van der Waals surface area contributed by atoms with E-state index in [1.807, 2.05) is 68.6 Å². The molecule has 0 spiro atoms. The maximum Gasteiger partial charge on any atom is 0.205 e. The highest BCUT2D eigenvalue weighted by Crippen LogP contribution is 2.49. The average molecular weight is 484 g/mol. The molecule has 3 aromatic rings. The van der Waals surface area contributed by atoms with Crippen molar-refractivity contribution >= 4 is 16.7 Å². The van der Waals surface area contributed by atoms with Crippen LogP contribution in [-0.2, 0) is 16.1 Å². The number of nitriles is 1. The molecule has 7 heteroatoms. The summed E-state index contributed by atoms with van der Waals surface area (Å²) in [5.41, 5.74) is 8.68. The smallest absolute Gasteiger partial charge is 0.205 e. The first-order valence-electron chi connectivity index (χ1n) is 12.0. The fourth-order valence-corrected chi connectivity index (χ4v) is 5.28. The molecule has 0 amide bonds. The van der Waals surface area contributed by atoms with Crippen LogP contribution in [0.25, 0.3) is 10.9 Å². The molecule has 2 heterocycles. The molecule has 0 bridgehead atoms. The number of allylic oxidation sites excluding steroid dienone is 3. The van der Waals surface area contributed by atoms with E-state index in [1.54, 1.807) is 7.11 Å². The Morgan fingerprint density at radius 3 is 2.61 bits per heavy atom. The van der Waals surface area contributed by atoms with Gasteiger partial charge in [-0.15, -0.1) is 0 Å². The number of ketones is 1. The van der Waals surface area contributed by atoms with Gasteiger partial charge in [0, 0.05) is 35.5 Å². The van der Waals surface area contributed by atoms with Gasteiger partial charge in [0.1, 0.15) is 24.0 Å². The fourth-order valence-electron chi connectivity index (χ4n) is 5.28. The van der Waals surface area contributed by atoms with Crippen LogP contribution in [0, 0.1) is 16.7 Å². The minimum absolute atomic E-state index is 0.00263. The van der Waals surface area contributed by atoms with Gasteiger partial charge in [-0.1, -0.05) is 44.2 Å². The summed E-state index contributed by atoms with van der Waals surface area (Å²) in [7, 11) is 1.62. The monoisotopic (exact) mass is 483 g/mol. The number of fused-ring (bicyclic) bond motifs is 1. The first-order valence-corrected chi connectivity index (χ1v) is 12.0. The number of nitrogens with zero attached hydrogens (tertiary/aromatic N) is 2. The van der Waals surface area contributed by atoms with E-state index in [0.717, 1.165) is 16.5 Å². The van der Waals surface area contributed by atoms with Crippen LogP contribution < -0.4 is 15.2 Å². The number of rotatable bonds is 6. The summed E-state index contributed by atoms with van der Waals surface area (Å²) < 4.78 is 19.3. The highest BCUT2D eigenvalue weighted by molar-refractivity contribution is 6.01. The third kappa shape index (κ3) is 4.09. The molecule has 1 atom stereocenters. The molecule has 1 unspecified atom stereocenters. The van der Waals surface area contributed by atoms with E-state index in [2.05, 4.69) is 10.6 Å². The number of ether oxygens (including phenoxy) is 3. The van der Waals surface area contributed by atoms with Gasteiger partial charge in [-0.05, 0) is 29.2 Å². The second kappa shape index (κ2) is 9.12.